The number of aromatic nitrogens is 2. The van der Waals surface area contributed by atoms with Gasteiger partial charge in [-0.1, -0.05) is 38.1 Å². The summed E-state index contributed by atoms with van der Waals surface area (Å²) in [5.41, 5.74) is 4.43. The van der Waals surface area contributed by atoms with Crippen LogP contribution in [0, 0.1) is 19.8 Å². The standard InChI is InChI=1S/C32H43N5O3S/c1-21(2)18-25-14-15-36(16-17-37(25)31(39)40-32(5,6)7)24-12-9-13-26(19-24)41-35-30-33-27(20-28(38)34-30)29-22(3)10-8-11-23(29)4/h8-13,19-21,25H,14-18H2,1-7H3,(H2,33,34,35,38). The second-order valence-corrected chi connectivity index (χ2v) is 13.0. The van der Waals surface area contributed by atoms with E-state index in [1.54, 1.807) is 6.07 Å². The minimum Gasteiger partial charge on any atom is -0.493 e. The number of anilines is 2. The van der Waals surface area contributed by atoms with Crippen LogP contribution in [0.1, 0.15) is 58.6 Å². The van der Waals surface area contributed by atoms with Gasteiger partial charge in [-0.15, -0.1) is 0 Å². The number of hydrogen-bond acceptors (Lipinski definition) is 8. The molecule has 1 atom stereocenters. The van der Waals surface area contributed by atoms with Crippen LogP contribution in [0.5, 0.6) is 5.88 Å². The third-order valence-corrected chi connectivity index (χ3v) is 7.82. The van der Waals surface area contributed by atoms with Crippen molar-refractivity contribution in [2.75, 3.05) is 29.3 Å². The smallest absolute Gasteiger partial charge is 0.410 e. The summed E-state index contributed by atoms with van der Waals surface area (Å²) in [5.74, 6) is 0.749. The van der Waals surface area contributed by atoms with E-state index in [9.17, 15) is 9.90 Å². The van der Waals surface area contributed by atoms with Gasteiger partial charge in [-0.25, -0.2) is 9.78 Å². The molecule has 0 aliphatic carbocycles. The van der Waals surface area contributed by atoms with E-state index in [-0.39, 0.29) is 18.0 Å². The minimum absolute atomic E-state index is 0.0791. The number of rotatable bonds is 7. The monoisotopic (exact) mass is 577 g/mol. The first-order valence-electron chi connectivity index (χ1n) is 14.3. The molecule has 0 saturated carbocycles. The van der Waals surface area contributed by atoms with E-state index in [0.29, 0.717) is 24.1 Å². The van der Waals surface area contributed by atoms with Crippen molar-refractivity contribution in [1.82, 2.24) is 14.9 Å². The van der Waals surface area contributed by atoms with E-state index in [1.165, 1.54) is 11.9 Å². The number of amides is 1. The molecule has 2 N–H and O–H groups in total. The molecule has 1 aliphatic heterocycles. The number of hydrogen-bond donors (Lipinski definition) is 2. The second kappa shape index (κ2) is 13.0. The predicted molar refractivity (Wildman–Crippen MR) is 168 cm³/mol. The van der Waals surface area contributed by atoms with Crippen molar-refractivity contribution in [3.63, 3.8) is 0 Å². The zero-order valence-corrected chi connectivity index (χ0v) is 26.1. The average Bonchev–Trinajstić information content (AvgIpc) is 3.09. The van der Waals surface area contributed by atoms with Crippen LogP contribution in [0.2, 0.25) is 0 Å². The van der Waals surface area contributed by atoms with Crippen molar-refractivity contribution in [1.29, 1.82) is 0 Å². The van der Waals surface area contributed by atoms with Crippen LogP contribution >= 0.6 is 11.9 Å². The first-order chi connectivity index (χ1) is 19.4. The number of ether oxygens (including phenoxy) is 1. The van der Waals surface area contributed by atoms with Crippen LogP contribution in [0.25, 0.3) is 11.3 Å². The fourth-order valence-corrected chi connectivity index (χ4v) is 5.89. The molecule has 0 radical (unpaired) electrons. The van der Waals surface area contributed by atoms with E-state index < -0.39 is 5.60 Å². The molecule has 1 amide bonds. The lowest BCUT2D eigenvalue weighted by Gasteiger charge is -2.32. The Kier molecular flexibility index (Phi) is 9.68. The number of carbonyl (C=O) groups excluding carboxylic acids is 1. The maximum absolute atomic E-state index is 13.1. The highest BCUT2D eigenvalue weighted by atomic mass is 32.2. The molecule has 2 aromatic carbocycles. The quantitative estimate of drug-likeness (QED) is 0.280. The molecule has 0 bridgehead atoms. The van der Waals surface area contributed by atoms with Gasteiger partial charge in [0.25, 0.3) is 0 Å². The molecule has 1 saturated heterocycles. The molecule has 9 heteroatoms. The third-order valence-electron chi connectivity index (χ3n) is 7.05. The van der Waals surface area contributed by atoms with Crippen molar-refractivity contribution in [3.8, 4) is 17.1 Å². The largest absolute Gasteiger partial charge is 0.493 e. The van der Waals surface area contributed by atoms with Gasteiger partial charge in [-0.05, 0) is 94.7 Å². The predicted octanol–water partition coefficient (Wildman–Crippen LogP) is 7.45. The van der Waals surface area contributed by atoms with Gasteiger partial charge >= 0.3 is 6.09 Å². The lowest BCUT2D eigenvalue weighted by atomic mass is 10.00. The highest BCUT2D eigenvalue weighted by Gasteiger charge is 2.31. The van der Waals surface area contributed by atoms with Crippen molar-refractivity contribution in [3.05, 3.63) is 59.7 Å². The van der Waals surface area contributed by atoms with E-state index in [0.717, 1.165) is 53.2 Å². The maximum Gasteiger partial charge on any atom is 0.410 e. The van der Waals surface area contributed by atoms with Gasteiger partial charge in [0.05, 0.1) is 5.69 Å². The molecule has 41 heavy (non-hydrogen) atoms. The number of carbonyl (C=O) groups is 1. The molecule has 220 valence electrons. The topological polar surface area (TPSA) is 90.8 Å². The van der Waals surface area contributed by atoms with Crippen molar-refractivity contribution < 1.29 is 14.6 Å². The number of aromatic hydroxyl groups is 1. The van der Waals surface area contributed by atoms with E-state index in [4.69, 9.17) is 4.74 Å². The summed E-state index contributed by atoms with van der Waals surface area (Å²) in [6, 6.07) is 16.1. The van der Waals surface area contributed by atoms with E-state index >= 15 is 0 Å². The molecule has 1 aromatic heterocycles. The van der Waals surface area contributed by atoms with Gasteiger partial charge in [-0.3, -0.25) is 4.72 Å². The third kappa shape index (κ3) is 8.28. The SMILES string of the molecule is Cc1cccc(C)c1-c1cc(O)nc(NSc2cccc(N3CCC(CC(C)C)N(C(=O)OC(C)(C)C)CC3)c2)n1. The first kappa shape index (κ1) is 30.5. The molecule has 4 rings (SSSR count). The Morgan fingerprint density at radius 3 is 2.46 bits per heavy atom. The van der Waals surface area contributed by atoms with Crippen LogP contribution in [-0.4, -0.2) is 57.3 Å². The summed E-state index contributed by atoms with van der Waals surface area (Å²) < 4.78 is 8.98. The van der Waals surface area contributed by atoms with Crippen molar-refractivity contribution in [2.45, 2.75) is 77.8 Å². The summed E-state index contributed by atoms with van der Waals surface area (Å²) in [7, 11) is 0. The fourth-order valence-electron chi connectivity index (χ4n) is 5.27. The van der Waals surface area contributed by atoms with Crippen LogP contribution in [0.3, 0.4) is 0 Å². The highest BCUT2D eigenvalue weighted by molar-refractivity contribution is 8.00. The van der Waals surface area contributed by atoms with Crippen LogP contribution in [-0.2, 0) is 4.74 Å². The molecular weight excluding hydrogens is 534 g/mol. The molecule has 1 unspecified atom stereocenters. The second-order valence-electron chi connectivity index (χ2n) is 12.1. The molecule has 8 nitrogen and oxygen atoms in total. The summed E-state index contributed by atoms with van der Waals surface area (Å²) in [5, 5.41) is 10.3. The summed E-state index contributed by atoms with van der Waals surface area (Å²) in [4.78, 5) is 27.2. The van der Waals surface area contributed by atoms with Gasteiger partial charge in [-0.2, -0.15) is 4.98 Å². The molecule has 0 spiro atoms. The lowest BCUT2D eigenvalue weighted by Crippen LogP contribution is -2.44. The normalized spacial score (nSPS) is 16.0. The Hall–Kier alpha value is -3.46. The first-order valence-corrected chi connectivity index (χ1v) is 15.1. The number of benzene rings is 2. The molecule has 1 aliphatic rings. The zero-order chi connectivity index (χ0) is 29.7. The van der Waals surface area contributed by atoms with Gasteiger partial charge < -0.3 is 19.6 Å². The van der Waals surface area contributed by atoms with Crippen LogP contribution < -0.4 is 9.62 Å². The Morgan fingerprint density at radius 2 is 1.78 bits per heavy atom. The van der Waals surface area contributed by atoms with E-state index in [2.05, 4.69) is 45.6 Å². The number of aryl methyl sites for hydroxylation is 2. The summed E-state index contributed by atoms with van der Waals surface area (Å²) in [6.45, 7) is 16.4. The van der Waals surface area contributed by atoms with E-state index in [1.807, 2.05) is 69.9 Å². The summed E-state index contributed by atoms with van der Waals surface area (Å²) in [6.07, 6.45) is 1.59. The zero-order valence-electron chi connectivity index (χ0n) is 25.3. The van der Waals surface area contributed by atoms with Gasteiger partial charge in [0.2, 0.25) is 11.8 Å². The van der Waals surface area contributed by atoms with Crippen LogP contribution in [0.4, 0.5) is 16.4 Å². The van der Waals surface area contributed by atoms with Gasteiger partial charge in [0.15, 0.2) is 0 Å². The number of nitrogens with one attached hydrogen (secondary N) is 1. The Morgan fingerprint density at radius 1 is 1.07 bits per heavy atom. The average molecular weight is 578 g/mol. The molecular formula is C32H43N5O3S. The van der Waals surface area contributed by atoms with Crippen LogP contribution in [0.15, 0.2) is 53.4 Å². The molecule has 2 heterocycles. The van der Waals surface area contributed by atoms with Gasteiger partial charge in [0.1, 0.15) is 5.60 Å². The maximum atomic E-state index is 13.1. The summed E-state index contributed by atoms with van der Waals surface area (Å²) >= 11 is 1.40. The number of nitrogens with zero attached hydrogens (tertiary/aromatic N) is 4. The highest BCUT2D eigenvalue weighted by Crippen LogP contribution is 2.31. The molecule has 1 fully saturated rings. The fraction of sp³-hybridized carbons (Fsp3) is 0.469. The van der Waals surface area contributed by atoms with Crippen molar-refractivity contribution >= 4 is 29.7 Å². The van der Waals surface area contributed by atoms with Crippen molar-refractivity contribution in [2.24, 2.45) is 5.92 Å². The minimum atomic E-state index is -0.525. The Balaban J connectivity index is 1.47. The Labute approximate surface area is 248 Å². The lowest BCUT2D eigenvalue weighted by molar-refractivity contribution is 0.0156. The molecule has 3 aromatic rings. The van der Waals surface area contributed by atoms with Gasteiger partial charge in [0, 0.05) is 47.9 Å². The Bertz CT molecular complexity index is 1340.